The third-order valence-corrected chi connectivity index (χ3v) is 11.2. The van der Waals surface area contributed by atoms with Gasteiger partial charge in [-0.1, -0.05) is 207 Å². The van der Waals surface area contributed by atoms with Crippen molar-refractivity contribution < 1.29 is 28.6 Å². The van der Waals surface area contributed by atoms with Crippen LogP contribution in [0.2, 0.25) is 0 Å². The molecule has 0 rings (SSSR count). The van der Waals surface area contributed by atoms with Gasteiger partial charge in [-0.3, -0.25) is 14.4 Å². The van der Waals surface area contributed by atoms with Gasteiger partial charge in [0.2, 0.25) is 0 Å². The highest BCUT2D eigenvalue weighted by atomic mass is 16.6. The highest BCUT2D eigenvalue weighted by Crippen LogP contribution is 2.13. The lowest BCUT2D eigenvalue weighted by molar-refractivity contribution is -0.167. The molecule has 0 aromatic rings. The monoisotopic (exact) mass is 929 g/mol. The first-order valence-electron chi connectivity index (χ1n) is 27.4. The van der Waals surface area contributed by atoms with E-state index in [4.69, 9.17) is 14.2 Å². The molecular formula is C61H100O6. The Kier molecular flexibility index (Phi) is 51.5. The van der Waals surface area contributed by atoms with Gasteiger partial charge < -0.3 is 14.2 Å². The molecule has 6 heteroatoms. The van der Waals surface area contributed by atoms with Crippen molar-refractivity contribution in [3.63, 3.8) is 0 Å². The van der Waals surface area contributed by atoms with Crippen LogP contribution in [0.5, 0.6) is 0 Å². The maximum absolute atomic E-state index is 12.8. The first-order chi connectivity index (χ1) is 33.0. The quantitative estimate of drug-likeness (QED) is 0.0262. The Hall–Kier alpha value is -3.93. The van der Waals surface area contributed by atoms with Crippen molar-refractivity contribution in [2.45, 2.75) is 245 Å². The number of esters is 3. The van der Waals surface area contributed by atoms with Gasteiger partial charge in [0.25, 0.3) is 0 Å². The van der Waals surface area contributed by atoms with E-state index < -0.39 is 6.10 Å². The van der Waals surface area contributed by atoms with Gasteiger partial charge in [0.1, 0.15) is 13.2 Å². The normalized spacial score (nSPS) is 12.9. The summed E-state index contributed by atoms with van der Waals surface area (Å²) in [7, 11) is 0. The standard InChI is InChI=1S/C61H100O6/c1-4-7-10-13-16-19-22-25-28-30-33-36-39-42-45-48-51-54-60(63)66-57-58(56-65-59(62)53-50-47-44-41-38-35-32-27-24-21-18-15-12-9-6-3)67-61(64)55-52-49-46-43-40-37-34-31-29-26-23-20-17-14-11-8-5-2/h9,12,17-18,20-21,25-29,32,34,37-38,41,43,46,58H,4-8,10-11,13-16,19,22-24,30-31,33,35-36,39-40,42,44-45,47-57H2,1-3H3/b12-9-,20-17-,21-18-,28-25-,29-26-,32-27-,37-34-,41-38-,46-43-/t58-/m1/s1. The SMILES string of the molecule is CC/C=C\C/C=C\C/C=C\C/C=C\CCCCC(=O)OC[C@H](COC(=O)CCCCCCCCC/C=C\CCCCCCCC)OC(=O)CCC/C=C\C/C=C\C/C=C\C/C=C\CCCCC. The minimum Gasteiger partial charge on any atom is -0.462 e. The van der Waals surface area contributed by atoms with Crippen LogP contribution < -0.4 is 0 Å². The summed E-state index contributed by atoms with van der Waals surface area (Å²) in [5.41, 5.74) is 0. The lowest BCUT2D eigenvalue weighted by Crippen LogP contribution is -2.30. The molecule has 0 aliphatic heterocycles. The molecule has 67 heavy (non-hydrogen) atoms. The molecule has 0 aliphatic carbocycles. The molecule has 0 saturated heterocycles. The molecule has 0 saturated carbocycles. The summed E-state index contributed by atoms with van der Waals surface area (Å²) in [5.74, 6) is -1.02. The Morgan fingerprint density at radius 1 is 0.313 bits per heavy atom. The Labute approximate surface area is 412 Å². The summed E-state index contributed by atoms with van der Waals surface area (Å²) < 4.78 is 16.7. The average Bonchev–Trinajstić information content (AvgIpc) is 3.33. The fourth-order valence-corrected chi connectivity index (χ4v) is 7.13. The Morgan fingerprint density at radius 2 is 0.597 bits per heavy atom. The molecule has 0 unspecified atom stereocenters. The molecule has 0 amide bonds. The van der Waals surface area contributed by atoms with Gasteiger partial charge in [-0.15, -0.1) is 0 Å². The summed E-state index contributed by atoms with van der Waals surface area (Å²) in [6, 6.07) is 0. The van der Waals surface area contributed by atoms with E-state index in [1.807, 2.05) is 0 Å². The third-order valence-electron chi connectivity index (χ3n) is 11.2. The van der Waals surface area contributed by atoms with Crippen molar-refractivity contribution in [2.75, 3.05) is 13.2 Å². The molecule has 0 radical (unpaired) electrons. The lowest BCUT2D eigenvalue weighted by atomic mass is 10.1. The second kappa shape index (κ2) is 54.7. The summed E-state index contributed by atoms with van der Waals surface area (Å²) in [5, 5.41) is 0. The number of allylic oxidation sites excluding steroid dienone is 18. The molecule has 0 aliphatic rings. The second-order valence-electron chi connectivity index (χ2n) is 17.7. The molecule has 6 nitrogen and oxygen atoms in total. The maximum atomic E-state index is 12.8. The van der Waals surface area contributed by atoms with Gasteiger partial charge in [0.15, 0.2) is 6.10 Å². The van der Waals surface area contributed by atoms with E-state index in [1.165, 1.54) is 103 Å². The van der Waals surface area contributed by atoms with Crippen LogP contribution in [0.4, 0.5) is 0 Å². The average molecular weight is 929 g/mol. The predicted molar refractivity (Wildman–Crippen MR) is 288 cm³/mol. The van der Waals surface area contributed by atoms with Gasteiger partial charge in [-0.25, -0.2) is 0 Å². The number of ether oxygens (including phenoxy) is 3. The Balaban J connectivity index is 4.55. The van der Waals surface area contributed by atoms with Crippen molar-refractivity contribution in [3.05, 3.63) is 109 Å². The van der Waals surface area contributed by atoms with Gasteiger partial charge >= 0.3 is 17.9 Å². The fourth-order valence-electron chi connectivity index (χ4n) is 7.13. The predicted octanol–water partition coefficient (Wildman–Crippen LogP) is 18.3. The van der Waals surface area contributed by atoms with E-state index in [2.05, 4.69) is 130 Å². The van der Waals surface area contributed by atoms with Crippen molar-refractivity contribution in [1.82, 2.24) is 0 Å². The third kappa shape index (κ3) is 52.9. The molecule has 0 N–H and O–H groups in total. The number of carbonyl (C=O) groups is 3. The fraction of sp³-hybridized carbons (Fsp3) is 0.656. The maximum Gasteiger partial charge on any atom is 0.306 e. The van der Waals surface area contributed by atoms with Gasteiger partial charge in [-0.2, -0.15) is 0 Å². The molecule has 380 valence electrons. The van der Waals surface area contributed by atoms with E-state index in [9.17, 15) is 14.4 Å². The molecule has 0 bridgehead atoms. The highest BCUT2D eigenvalue weighted by molar-refractivity contribution is 5.71. The first kappa shape index (κ1) is 63.1. The van der Waals surface area contributed by atoms with Gasteiger partial charge in [-0.05, 0) is 122 Å². The number of unbranched alkanes of at least 4 members (excludes halogenated alkanes) is 19. The smallest absolute Gasteiger partial charge is 0.306 e. The summed E-state index contributed by atoms with van der Waals surface area (Å²) in [6.45, 7) is 6.40. The lowest BCUT2D eigenvalue weighted by Gasteiger charge is -2.18. The number of hydrogen-bond acceptors (Lipinski definition) is 6. The van der Waals surface area contributed by atoms with Crippen LogP contribution in [-0.4, -0.2) is 37.2 Å². The van der Waals surface area contributed by atoms with E-state index in [1.54, 1.807) is 0 Å². The number of carbonyl (C=O) groups excluding carboxylic acids is 3. The van der Waals surface area contributed by atoms with Gasteiger partial charge in [0.05, 0.1) is 0 Å². The minimum atomic E-state index is -0.827. The van der Waals surface area contributed by atoms with E-state index in [0.717, 1.165) is 83.5 Å². The summed E-state index contributed by atoms with van der Waals surface area (Å²) in [6.07, 6.45) is 73.7. The Bertz CT molecular complexity index is 1390. The van der Waals surface area contributed by atoms with Crippen molar-refractivity contribution in [1.29, 1.82) is 0 Å². The molecule has 1 atom stereocenters. The van der Waals surface area contributed by atoms with E-state index in [-0.39, 0.29) is 37.5 Å². The van der Waals surface area contributed by atoms with Crippen LogP contribution in [0.25, 0.3) is 0 Å². The number of rotatable bonds is 48. The van der Waals surface area contributed by atoms with E-state index >= 15 is 0 Å². The van der Waals surface area contributed by atoms with Crippen LogP contribution in [0.1, 0.15) is 239 Å². The zero-order valence-corrected chi connectivity index (χ0v) is 43.4. The van der Waals surface area contributed by atoms with Crippen molar-refractivity contribution in [2.24, 2.45) is 0 Å². The van der Waals surface area contributed by atoms with E-state index in [0.29, 0.717) is 25.7 Å². The Morgan fingerprint density at radius 3 is 1.03 bits per heavy atom. The van der Waals surface area contributed by atoms with Gasteiger partial charge in [0, 0.05) is 19.3 Å². The minimum absolute atomic E-state index is 0.117. The van der Waals surface area contributed by atoms with Crippen LogP contribution in [0.15, 0.2) is 109 Å². The van der Waals surface area contributed by atoms with Crippen LogP contribution in [-0.2, 0) is 28.6 Å². The second-order valence-corrected chi connectivity index (χ2v) is 17.7. The molecule has 0 fully saturated rings. The van der Waals surface area contributed by atoms with Crippen LogP contribution in [0.3, 0.4) is 0 Å². The van der Waals surface area contributed by atoms with Crippen molar-refractivity contribution in [3.8, 4) is 0 Å². The first-order valence-corrected chi connectivity index (χ1v) is 27.4. The molecule has 0 spiro atoms. The topological polar surface area (TPSA) is 78.9 Å². The molecule has 0 aromatic heterocycles. The zero-order chi connectivity index (χ0) is 48.6. The number of hydrogen-bond donors (Lipinski definition) is 0. The summed E-state index contributed by atoms with van der Waals surface area (Å²) in [4.78, 5) is 38.1. The molecule has 0 aromatic carbocycles. The highest BCUT2D eigenvalue weighted by Gasteiger charge is 2.19. The molecule has 0 heterocycles. The largest absolute Gasteiger partial charge is 0.462 e. The molecular weight excluding hydrogens is 829 g/mol. The zero-order valence-electron chi connectivity index (χ0n) is 43.4. The van der Waals surface area contributed by atoms with Crippen molar-refractivity contribution >= 4 is 17.9 Å². The van der Waals surface area contributed by atoms with Crippen LogP contribution >= 0.6 is 0 Å². The summed E-state index contributed by atoms with van der Waals surface area (Å²) >= 11 is 0. The van der Waals surface area contributed by atoms with Crippen LogP contribution in [0, 0.1) is 0 Å².